The van der Waals surface area contributed by atoms with Crippen molar-refractivity contribution in [1.82, 2.24) is 9.97 Å². The van der Waals surface area contributed by atoms with Gasteiger partial charge in [0.2, 0.25) is 0 Å². The van der Waals surface area contributed by atoms with Gasteiger partial charge in [-0.1, -0.05) is 96.6 Å². The maximum atomic E-state index is 14.8. The molecule has 0 amide bonds. The third kappa shape index (κ3) is 13.2. The summed E-state index contributed by atoms with van der Waals surface area (Å²) in [5, 5.41) is 0. The largest absolute Gasteiger partial charge is 0.490 e. The highest BCUT2D eigenvalue weighted by atomic mass is 19.4. The number of alkyl halides is 3. The number of aromatic nitrogens is 2. The Morgan fingerprint density at radius 1 is 0.729 bits per heavy atom. The van der Waals surface area contributed by atoms with Crippen molar-refractivity contribution in [2.24, 2.45) is 0 Å². The lowest BCUT2D eigenvalue weighted by Gasteiger charge is -2.21. The molecule has 0 N–H and O–H groups in total. The zero-order valence-corrected chi connectivity index (χ0v) is 27.8. The summed E-state index contributed by atoms with van der Waals surface area (Å²) in [6, 6.07) is 9.06. The van der Waals surface area contributed by atoms with Crippen molar-refractivity contribution in [3.63, 3.8) is 0 Å². The number of hydrogen-bond acceptors (Lipinski definition) is 7. The van der Waals surface area contributed by atoms with E-state index in [1.54, 1.807) is 24.5 Å². The second kappa shape index (κ2) is 20.4. The molecule has 0 saturated carbocycles. The molecule has 262 valence electrons. The standard InChI is InChI=1S/C37H46F4N2O5/c1-3-5-7-9-11-13-15-23-46-30-25-42-34(43-26-30)27-17-19-28(20-18-27)35(44)47-29-21-22-31(32(38)24-29)36(45)48-33(37(39,40)41)16-14-12-10-8-6-4-2/h17-22,24-26,33H,3-16,23H2,1-2H3. The van der Waals surface area contributed by atoms with Gasteiger partial charge in [0, 0.05) is 11.6 Å². The van der Waals surface area contributed by atoms with Crippen LogP contribution in [0.2, 0.25) is 0 Å². The van der Waals surface area contributed by atoms with E-state index in [0.29, 0.717) is 30.2 Å². The highest BCUT2D eigenvalue weighted by molar-refractivity contribution is 5.92. The Labute approximate surface area is 280 Å². The molecule has 0 aliphatic heterocycles. The van der Waals surface area contributed by atoms with Crippen molar-refractivity contribution in [2.75, 3.05) is 6.61 Å². The monoisotopic (exact) mass is 674 g/mol. The van der Waals surface area contributed by atoms with Gasteiger partial charge in [-0.05, 0) is 43.5 Å². The van der Waals surface area contributed by atoms with Gasteiger partial charge in [-0.25, -0.2) is 23.9 Å². The Balaban J connectivity index is 1.49. The summed E-state index contributed by atoms with van der Waals surface area (Å²) >= 11 is 0. The summed E-state index contributed by atoms with van der Waals surface area (Å²) in [5.74, 6) is -2.64. The number of esters is 2. The zero-order chi connectivity index (χ0) is 34.8. The van der Waals surface area contributed by atoms with Crippen LogP contribution in [0, 0.1) is 5.82 Å². The number of unbranched alkanes of at least 4 members (excludes halogenated alkanes) is 11. The molecule has 0 aliphatic carbocycles. The summed E-state index contributed by atoms with van der Waals surface area (Å²) < 4.78 is 70.8. The van der Waals surface area contributed by atoms with Crippen LogP contribution in [-0.2, 0) is 4.74 Å². The van der Waals surface area contributed by atoms with Crippen LogP contribution in [0.3, 0.4) is 0 Å². The quantitative estimate of drug-likeness (QED) is 0.0481. The lowest BCUT2D eigenvalue weighted by atomic mass is 10.1. The molecule has 1 heterocycles. The van der Waals surface area contributed by atoms with Crippen LogP contribution in [0.5, 0.6) is 11.5 Å². The second-order valence-corrected chi connectivity index (χ2v) is 11.8. The fraction of sp³-hybridized carbons (Fsp3) is 0.514. The van der Waals surface area contributed by atoms with Crippen LogP contribution in [0.1, 0.15) is 124 Å². The highest BCUT2D eigenvalue weighted by Gasteiger charge is 2.42. The predicted octanol–water partition coefficient (Wildman–Crippen LogP) is 10.5. The first-order valence-corrected chi connectivity index (χ1v) is 17.0. The van der Waals surface area contributed by atoms with E-state index >= 15 is 0 Å². The molecule has 7 nitrogen and oxygen atoms in total. The molecule has 48 heavy (non-hydrogen) atoms. The van der Waals surface area contributed by atoms with Crippen molar-refractivity contribution in [3.8, 4) is 22.9 Å². The number of benzene rings is 2. The molecule has 0 aliphatic rings. The Kier molecular flexibility index (Phi) is 16.3. The molecule has 1 aromatic heterocycles. The number of carbonyl (C=O) groups excluding carboxylic acids is 2. The second-order valence-electron chi connectivity index (χ2n) is 11.8. The first kappa shape index (κ1) is 38.4. The van der Waals surface area contributed by atoms with E-state index in [1.807, 2.05) is 6.92 Å². The van der Waals surface area contributed by atoms with Gasteiger partial charge in [0.05, 0.1) is 30.1 Å². The number of ether oxygens (including phenoxy) is 3. The van der Waals surface area contributed by atoms with Crippen LogP contribution in [-0.4, -0.2) is 40.8 Å². The molecule has 0 radical (unpaired) electrons. The van der Waals surface area contributed by atoms with Crippen LogP contribution >= 0.6 is 0 Å². The van der Waals surface area contributed by atoms with Crippen molar-refractivity contribution < 1.29 is 41.4 Å². The van der Waals surface area contributed by atoms with Crippen LogP contribution in [0.25, 0.3) is 11.4 Å². The van der Waals surface area contributed by atoms with E-state index in [4.69, 9.17) is 9.47 Å². The number of carbonyl (C=O) groups is 2. The van der Waals surface area contributed by atoms with Crippen molar-refractivity contribution in [1.29, 1.82) is 0 Å². The molecule has 3 aromatic rings. The van der Waals surface area contributed by atoms with Gasteiger partial charge in [0.25, 0.3) is 0 Å². The zero-order valence-electron chi connectivity index (χ0n) is 27.8. The Bertz CT molecular complexity index is 1400. The minimum atomic E-state index is -4.78. The third-order valence-electron chi connectivity index (χ3n) is 7.83. The Morgan fingerprint density at radius 2 is 1.31 bits per heavy atom. The number of nitrogens with zero attached hydrogens (tertiary/aromatic N) is 2. The van der Waals surface area contributed by atoms with Gasteiger partial charge in [-0.2, -0.15) is 13.2 Å². The molecule has 0 bridgehead atoms. The topological polar surface area (TPSA) is 87.6 Å². The van der Waals surface area contributed by atoms with Crippen LogP contribution in [0.15, 0.2) is 54.9 Å². The number of rotatable bonds is 21. The van der Waals surface area contributed by atoms with E-state index < -0.39 is 42.0 Å². The molecule has 3 rings (SSSR count). The van der Waals surface area contributed by atoms with Gasteiger partial charge in [-0.3, -0.25) is 0 Å². The molecular weight excluding hydrogens is 628 g/mol. The fourth-order valence-corrected chi connectivity index (χ4v) is 5.03. The average Bonchev–Trinajstić information content (AvgIpc) is 3.07. The normalized spacial score (nSPS) is 12.0. The van der Waals surface area contributed by atoms with E-state index in [2.05, 4.69) is 21.6 Å². The number of hydrogen-bond donors (Lipinski definition) is 0. The smallest absolute Gasteiger partial charge is 0.425 e. The van der Waals surface area contributed by atoms with Gasteiger partial charge < -0.3 is 14.2 Å². The van der Waals surface area contributed by atoms with E-state index in [1.165, 1.54) is 44.2 Å². The van der Waals surface area contributed by atoms with Gasteiger partial charge in [0.15, 0.2) is 17.7 Å². The molecule has 0 spiro atoms. The molecule has 11 heteroatoms. The SMILES string of the molecule is CCCCCCCCCOc1cnc(-c2ccc(C(=O)Oc3ccc(C(=O)OC(CCCCCCCC)C(F)(F)F)c(F)c3)cc2)nc1. The van der Waals surface area contributed by atoms with Gasteiger partial charge in [0.1, 0.15) is 11.6 Å². The minimum absolute atomic E-state index is 0.153. The summed E-state index contributed by atoms with van der Waals surface area (Å²) in [7, 11) is 0. The Hall–Kier alpha value is -4.02. The predicted molar refractivity (Wildman–Crippen MR) is 176 cm³/mol. The molecular formula is C37H46F4N2O5. The maximum absolute atomic E-state index is 14.8. The summed E-state index contributed by atoms with van der Waals surface area (Å²) in [5.41, 5.74) is 0.110. The highest BCUT2D eigenvalue weighted by Crippen LogP contribution is 2.29. The Morgan fingerprint density at radius 3 is 1.90 bits per heavy atom. The van der Waals surface area contributed by atoms with Crippen molar-refractivity contribution in [3.05, 3.63) is 71.8 Å². The van der Waals surface area contributed by atoms with E-state index in [0.717, 1.165) is 56.7 Å². The van der Waals surface area contributed by atoms with Gasteiger partial charge in [-0.15, -0.1) is 0 Å². The molecule has 0 fully saturated rings. The lowest BCUT2D eigenvalue weighted by molar-refractivity contribution is -0.206. The fourth-order valence-electron chi connectivity index (χ4n) is 5.03. The van der Waals surface area contributed by atoms with E-state index in [-0.39, 0.29) is 17.7 Å². The first-order valence-electron chi connectivity index (χ1n) is 17.0. The average molecular weight is 675 g/mol. The molecule has 1 unspecified atom stereocenters. The van der Waals surface area contributed by atoms with Crippen LogP contribution in [0.4, 0.5) is 17.6 Å². The van der Waals surface area contributed by atoms with Crippen molar-refractivity contribution in [2.45, 2.75) is 116 Å². The summed E-state index contributed by atoms with van der Waals surface area (Å²) in [4.78, 5) is 33.8. The third-order valence-corrected chi connectivity index (χ3v) is 7.83. The minimum Gasteiger partial charge on any atom is -0.490 e. The molecule has 0 saturated heterocycles. The van der Waals surface area contributed by atoms with Crippen molar-refractivity contribution >= 4 is 11.9 Å². The molecule has 1 atom stereocenters. The maximum Gasteiger partial charge on any atom is 0.425 e. The summed E-state index contributed by atoms with van der Waals surface area (Å²) in [6.07, 6.45) is 8.57. The van der Waals surface area contributed by atoms with Gasteiger partial charge >= 0.3 is 18.1 Å². The summed E-state index contributed by atoms with van der Waals surface area (Å²) in [6.45, 7) is 4.84. The van der Waals surface area contributed by atoms with Crippen LogP contribution < -0.4 is 9.47 Å². The molecule has 2 aromatic carbocycles. The van der Waals surface area contributed by atoms with E-state index in [9.17, 15) is 27.2 Å². The number of halogens is 4. The lowest BCUT2D eigenvalue weighted by Crippen LogP contribution is -2.34. The first-order chi connectivity index (χ1) is 23.1.